The summed E-state index contributed by atoms with van der Waals surface area (Å²) in [5, 5.41) is 10.0. The molecular weight excluding hydrogens is 236 g/mol. The second-order valence-corrected chi connectivity index (χ2v) is 6.35. The van der Waals surface area contributed by atoms with Crippen LogP contribution in [0.15, 0.2) is 0 Å². The third kappa shape index (κ3) is 5.04. The SMILES string of the molecule is CCC(O)(OC(=O)C(C)(C)C)OC(=O)C(C)(C)C. The summed E-state index contributed by atoms with van der Waals surface area (Å²) >= 11 is 0. The van der Waals surface area contributed by atoms with Gasteiger partial charge in [-0.1, -0.05) is 6.92 Å². The molecule has 0 saturated heterocycles. The Hall–Kier alpha value is -1.10. The van der Waals surface area contributed by atoms with E-state index < -0.39 is 28.7 Å². The Kier molecular flexibility index (Phi) is 4.94. The molecule has 0 spiro atoms. The molecule has 5 nitrogen and oxygen atoms in total. The Morgan fingerprint density at radius 1 is 0.889 bits per heavy atom. The van der Waals surface area contributed by atoms with Gasteiger partial charge in [0.1, 0.15) is 0 Å². The number of carbonyl (C=O) groups is 2. The van der Waals surface area contributed by atoms with Gasteiger partial charge in [0, 0.05) is 0 Å². The summed E-state index contributed by atoms with van der Waals surface area (Å²) in [6, 6.07) is 0. The highest BCUT2D eigenvalue weighted by Crippen LogP contribution is 2.26. The molecule has 106 valence electrons. The smallest absolute Gasteiger partial charge is 0.372 e. The summed E-state index contributed by atoms with van der Waals surface area (Å²) in [4.78, 5) is 23.4. The maximum absolute atomic E-state index is 11.7. The average molecular weight is 260 g/mol. The molecular formula is C13H24O5. The quantitative estimate of drug-likeness (QED) is 0.622. The fourth-order valence-electron chi connectivity index (χ4n) is 0.761. The number of hydrogen-bond donors (Lipinski definition) is 1. The molecule has 0 aliphatic carbocycles. The van der Waals surface area contributed by atoms with Crippen LogP contribution in [0.5, 0.6) is 0 Å². The minimum absolute atomic E-state index is 0.0311. The summed E-state index contributed by atoms with van der Waals surface area (Å²) in [6.45, 7) is 11.5. The Morgan fingerprint density at radius 3 is 1.33 bits per heavy atom. The first-order valence-electron chi connectivity index (χ1n) is 6.01. The van der Waals surface area contributed by atoms with Crippen LogP contribution in [0.4, 0.5) is 0 Å². The molecule has 0 bridgehead atoms. The molecule has 0 aromatic carbocycles. The number of rotatable bonds is 3. The molecule has 1 N–H and O–H groups in total. The van der Waals surface area contributed by atoms with Crippen LogP contribution in [0.1, 0.15) is 54.9 Å². The van der Waals surface area contributed by atoms with Gasteiger partial charge in [-0.3, -0.25) is 9.59 Å². The lowest BCUT2D eigenvalue weighted by atomic mass is 9.97. The number of ether oxygens (including phenoxy) is 2. The van der Waals surface area contributed by atoms with Crippen LogP contribution in [-0.2, 0) is 19.1 Å². The van der Waals surface area contributed by atoms with Gasteiger partial charge >= 0.3 is 17.9 Å². The van der Waals surface area contributed by atoms with Crippen LogP contribution in [-0.4, -0.2) is 23.0 Å². The van der Waals surface area contributed by atoms with Gasteiger partial charge in [-0.2, -0.15) is 0 Å². The van der Waals surface area contributed by atoms with Crippen molar-refractivity contribution >= 4 is 11.9 Å². The van der Waals surface area contributed by atoms with Gasteiger partial charge < -0.3 is 14.6 Å². The maximum Gasteiger partial charge on any atom is 0.372 e. The summed E-state index contributed by atoms with van der Waals surface area (Å²) < 4.78 is 9.78. The van der Waals surface area contributed by atoms with Crippen molar-refractivity contribution in [2.75, 3.05) is 0 Å². The molecule has 0 amide bonds. The van der Waals surface area contributed by atoms with Crippen molar-refractivity contribution in [2.45, 2.75) is 60.9 Å². The van der Waals surface area contributed by atoms with Crippen molar-refractivity contribution in [1.82, 2.24) is 0 Å². The lowest BCUT2D eigenvalue weighted by Crippen LogP contribution is -2.44. The lowest BCUT2D eigenvalue weighted by Gasteiger charge is -2.31. The first-order chi connectivity index (χ1) is 7.82. The number of esters is 2. The third-order valence-corrected chi connectivity index (χ3v) is 2.18. The van der Waals surface area contributed by atoms with E-state index in [0.717, 1.165) is 0 Å². The normalized spacial score (nSPS) is 13.1. The monoisotopic (exact) mass is 260 g/mol. The highest BCUT2D eigenvalue weighted by atomic mass is 16.8. The minimum Gasteiger partial charge on any atom is -0.398 e. The Morgan fingerprint density at radius 2 is 1.17 bits per heavy atom. The van der Waals surface area contributed by atoms with Crippen molar-refractivity contribution in [1.29, 1.82) is 0 Å². The molecule has 0 heterocycles. The summed E-state index contributed by atoms with van der Waals surface area (Å²) in [5.41, 5.74) is -1.56. The molecule has 0 aromatic rings. The van der Waals surface area contributed by atoms with Gasteiger partial charge in [0.2, 0.25) is 0 Å². The summed E-state index contributed by atoms with van der Waals surface area (Å²) in [5.74, 6) is -3.46. The van der Waals surface area contributed by atoms with Crippen LogP contribution in [0.2, 0.25) is 0 Å². The molecule has 0 radical (unpaired) electrons. The number of aliphatic hydroxyl groups is 1. The molecule has 18 heavy (non-hydrogen) atoms. The van der Waals surface area contributed by atoms with Crippen molar-refractivity contribution < 1.29 is 24.2 Å². The zero-order chi connectivity index (χ0) is 14.8. The third-order valence-electron chi connectivity index (χ3n) is 2.18. The fraction of sp³-hybridized carbons (Fsp3) is 0.846. The molecule has 0 aliphatic rings. The Labute approximate surface area is 108 Å². The van der Waals surface area contributed by atoms with Crippen molar-refractivity contribution in [2.24, 2.45) is 10.8 Å². The molecule has 0 aromatic heterocycles. The second-order valence-electron chi connectivity index (χ2n) is 6.35. The molecule has 0 unspecified atom stereocenters. The van der Waals surface area contributed by atoms with Crippen molar-refractivity contribution in [3.05, 3.63) is 0 Å². The predicted octanol–water partition coefficient (Wildman–Crippen LogP) is 2.22. The number of hydrogen-bond acceptors (Lipinski definition) is 5. The number of carbonyl (C=O) groups excluding carboxylic acids is 2. The highest BCUT2D eigenvalue weighted by Gasteiger charge is 2.40. The minimum atomic E-state index is -2.20. The van der Waals surface area contributed by atoms with E-state index in [0.29, 0.717) is 0 Å². The van der Waals surface area contributed by atoms with Crippen molar-refractivity contribution in [3.63, 3.8) is 0 Å². The molecule has 0 saturated carbocycles. The predicted molar refractivity (Wildman–Crippen MR) is 66.3 cm³/mol. The zero-order valence-corrected chi connectivity index (χ0v) is 12.3. The van der Waals surface area contributed by atoms with Gasteiger partial charge in [0.25, 0.3) is 0 Å². The van der Waals surface area contributed by atoms with E-state index in [-0.39, 0.29) is 6.42 Å². The van der Waals surface area contributed by atoms with Gasteiger partial charge in [-0.05, 0) is 41.5 Å². The van der Waals surface area contributed by atoms with Gasteiger partial charge in [-0.25, -0.2) is 0 Å². The first kappa shape index (κ1) is 16.9. The van der Waals surface area contributed by atoms with Gasteiger partial charge in [-0.15, -0.1) is 0 Å². The first-order valence-corrected chi connectivity index (χ1v) is 6.01. The van der Waals surface area contributed by atoms with Crippen LogP contribution >= 0.6 is 0 Å². The van der Waals surface area contributed by atoms with E-state index >= 15 is 0 Å². The summed E-state index contributed by atoms with van der Waals surface area (Å²) in [6.07, 6.45) is -0.0311. The average Bonchev–Trinajstić information content (AvgIpc) is 2.14. The highest BCUT2D eigenvalue weighted by molar-refractivity contribution is 5.77. The van der Waals surface area contributed by atoms with Crippen LogP contribution in [0.3, 0.4) is 0 Å². The van der Waals surface area contributed by atoms with E-state index in [1.165, 1.54) is 0 Å². The largest absolute Gasteiger partial charge is 0.398 e. The molecule has 0 rings (SSSR count). The zero-order valence-electron chi connectivity index (χ0n) is 12.3. The van der Waals surface area contributed by atoms with Crippen LogP contribution in [0, 0.1) is 10.8 Å². The molecule has 0 atom stereocenters. The Bertz CT molecular complexity index is 291. The molecule has 0 fully saturated rings. The molecule has 0 aliphatic heterocycles. The standard InChI is InChI=1S/C13H24O5/c1-8-13(16,17-9(14)11(2,3)4)18-10(15)12(5,6)7/h16H,8H2,1-7H3. The van der Waals surface area contributed by atoms with E-state index in [2.05, 4.69) is 0 Å². The maximum atomic E-state index is 11.7. The fourth-order valence-corrected chi connectivity index (χ4v) is 0.761. The van der Waals surface area contributed by atoms with E-state index in [4.69, 9.17) is 9.47 Å². The van der Waals surface area contributed by atoms with Crippen LogP contribution in [0.25, 0.3) is 0 Å². The van der Waals surface area contributed by atoms with Gasteiger partial charge in [0.05, 0.1) is 17.3 Å². The van der Waals surface area contributed by atoms with E-state index in [1.807, 2.05) is 0 Å². The van der Waals surface area contributed by atoms with E-state index in [9.17, 15) is 14.7 Å². The summed E-state index contributed by atoms with van der Waals surface area (Å²) in [7, 11) is 0. The molecule has 5 heteroatoms. The van der Waals surface area contributed by atoms with Crippen molar-refractivity contribution in [3.8, 4) is 0 Å². The Balaban J connectivity index is 4.84. The van der Waals surface area contributed by atoms with Crippen LogP contribution < -0.4 is 0 Å². The topological polar surface area (TPSA) is 72.8 Å². The second kappa shape index (κ2) is 5.26. The van der Waals surface area contributed by atoms with Gasteiger partial charge in [0.15, 0.2) is 0 Å². The lowest BCUT2D eigenvalue weighted by molar-refractivity contribution is -0.332. The van der Waals surface area contributed by atoms with E-state index in [1.54, 1.807) is 48.5 Å².